The quantitative estimate of drug-likeness (QED) is 0.924. The Morgan fingerprint density at radius 1 is 1.15 bits per heavy atom. The first kappa shape index (κ1) is 13.6. The van der Waals surface area contributed by atoms with Crippen molar-refractivity contribution in [2.45, 2.75) is 6.92 Å². The molecule has 0 aliphatic carbocycles. The molecule has 0 radical (unpaired) electrons. The van der Waals surface area contributed by atoms with E-state index < -0.39 is 0 Å². The fourth-order valence-electron chi connectivity index (χ4n) is 1.66. The highest BCUT2D eigenvalue weighted by atomic mass is 16.5. The van der Waals surface area contributed by atoms with E-state index in [-0.39, 0.29) is 12.5 Å². The molecule has 2 rings (SSSR count). The Morgan fingerprint density at radius 2 is 1.80 bits per heavy atom. The number of hydrogen-bond acceptors (Lipinski definition) is 3. The van der Waals surface area contributed by atoms with Gasteiger partial charge in [0, 0.05) is 11.3 Å². The number of carbonyl (C=O) groups excluding carboxylic acids is 1. The van der Waals surface area contributed by atoms with E-state index in [1.165, 1.54) is 0 Å². The lowest BCUT2D eigenvalue weighted by Crippen LogP contribution is -2.11. The van der Waals surface area contributed by atoms with Gasteiger partial charge in [0.15, 0.2) is 6.61 Å². The van der Waals surface area contributed by atoms with E-state index in [4.69, 9.17) is 10.00 Å². The van der Waals surface area contributed by atoms with Crippen LogP contribution in [0, 0.1) is 18.3 Å². The predicted molar refractivity (Wildman–Crippen MR) is 76.7 cm³/mol. The number of carbonyl (C=O) groups is 1. The van der Waals surface area contributed by atoms with Crippen LogP contribution in [0.3, 0.4) is 0 Å². The van der Waals surface area contributed by atoms with Crippen LogP contribution in [0.1, 0.15) is 15.9 Å². The molecule has 0 fully saturated rings. The molecule has 1 amide bonds. The first-order chi connectivity index (χ1) is 9.69. The van der Waals surface area contributed by atoms with E-state index in [0.717, 1.165) is 5.56 Å². The summed E-state index contributed by atoms with van der Waals surface area (Å²) in [5.41, 5.74) is 2.40. The fourth-order valence-corrected chi connectivity index (χ4v) is 1.66. The van der Waals surface area contributed by atoms with Crippen LogP contribution in [-0.2, 0) is 0 Å². The van der Waals surface area contributed by atoms with Gasteiger partial charge in [-0.3, -0.25) is 4.79 Å². The number of anilines is 1. The third-order valence-corrected chi connectivity index (χ3v) is 2.73. The summed E-state index contributed by atoms with van der Waals surface area (Å²) in [5.74, 6) is 0.440. The molecule has 20 heavy (non-hydrogen) atoms. The molecular formula is C16H14N2O2. The summed E-state index contributed by atoms with van der Waals surface area (Å²) in [4.78, 5) is 12.0. The second-order valence-electron chi connectivity index (χ2n) is 4.29. The van der Waals surface area contributed by atoms with E-state index in [2.05, 4.69) is 5.32 Å². The van der Waals surface area contributed by atoms with Crippen molar-refractivity contribution < 1.29 is 9.53 Å². The van der Waals surface area contributed by atoms with Crippen molar-refractivity contribution in [1.29, 1.82) is 5.26 Å². The summed E-state index contributed by atoms with van der Waals surface area (Å²) >= 11 is 0. The second kappa shape index (κ2) is 6.39. The Hall–Kier alpha value is -2.80. The predicted octanol–water partition coefficient (Wildman–Crippen LogP) is 3.15. The molecule has 0 spiro atoms. The lowest BCUT2D eigenvalue weighted by atomic mass is 10.1. The molecule has 0 aromatic heterocycles. The zero-order valence-corrected chi connectivity index (χ0v) is 11.1. The Morgan fingerprint density at radius 3 is 2.40 bits per heavy atom. The van der Waals surface area contributed by atoms with Crippen LogP contribution >= 0.6 is 0 Å². The van der Waals surface area contributed by atoms with Gasteiger partial charge in [0.1, 0.15) is 11.8 Å². The second-order valence-corrected chi connectivity index (χ2v) is 4.29. The number of aryl methyl sites for hydroxylation is 1. The third-order valence-electron chi connectivity index (χ3n) is 2.73. The third kappa shape index (κ3) is 3.59. The summed E-state index contributed by atoms with van der Waals surface area (Å²) in [6.45, 7) is 1.98. The molecule has 0 aliphatic rings. The largest absolute Gasteiger partial charge is 0.479 e. The lowest BCUT2D eigenvalue weighted by molar-refractivity contribution is 0.102. The van der Waals surface area contributed by atoms with Gasteiger partial charge in [-0.15, -0.1) is 0 Å². The minimum Gasteiger partial charge on any atom is -0.479 e. The number of benzene rings is 2. The number of hydrogen-bond donors (Lipinski definition) is 1. The van der Waals surface area contributed by atoms with E-state index >= 15 is 0 Å². The average Bonchev–Trinajstić information content (AvgIpc) is 2.47. The van der Waals surface area contributed by atoms with Crippen molar-refractivity contribution in [3.63, 3.8) is 0 Å². The van der Waals surface area contributed by atoms with Crippen LogP contribution in [0.5, 0.6) is 5.75 Å². The van der Waals surface area contributed by atoms with Crippen LogP contribution < -0.4 is 10.1 Å². The van der Waals surface area contributed by atoms with E-state index in [1.54, 1.807) is 36.4 Å². The molecule has 0 unspecified atom stereocenters. The minimum atomic E-state index is -0.157. The van der Waals surface area contributed by atoms with Gasteiger partial charge in [0.05, 0.1) is 0 Å². The summed E-state index contributed by atoms with van der Waals surface area (Å²) < 4.78 is 5.14. The monoisotopic (exact) mass is 266 g/mol. The number of nitrogens with one attached hydrogen (secondary N) is 1. The molecule has 4 heteroatoms. The Bertz CT molecular complexity index is 625. The number of nitriles is 1. The van der Waals surface area contributed by atoms with E-state index in [9.17, 15) is 4.79 Å². The number of nitrogens with zero attached hydrogens (tertiary/aromatic N) is 1. The van der Waals surface area contributed by atoms with Gasteiger partial charge in [-0.05, 0) is 43.3 Å². The smallest absolute Gasteiger partial charge is 0.255 e. The van der Waals surface area contributed by atoms with Crippen molar-refractivity contribution in [2.24, 2.45) is 0 Å². The maximum Gasteiger partial charge on any atom is 0.255 e. The molecule has 4 nitrogen and oxygen atoms in total. The van der Waals surface area contributed by atoms with E-state index in [0.29, 0.717) is 17.0 Å². The topological polar surface area (TPSA) is 62.1 Å². The molecule has 100 valence electrons. The molecule has 1 N–H and O–H groups in total. The Labute approximate surface area is 117 Å². The molecule has 2 aromatic carbocycles. The van der Waals surface area contributed by atoms with E-state index in [1.807, 2.05) is 25.1 Å². The summed E-state index contributed by atoms with van der Waals surface area (Å²) in [5, 5.41) is 11.2. The molecule has 0 bridgehead atoms. The maximum atomic E-state index is 12.0. The van der Waals surface area contributed by atoms with Gasteiger partial charge >= 0.3 is 0 Å². The molecule has 2 aromatic rings. The van der Waals surface area contributed by atoms with Gasteiger partial charge in [-0.25, -0.2) is 0 Å². The average molecular weight is 266 g/mol. The van der Waals surface area contributed by atoms with Crippen molar-refractivity contribution in [3.8, 4) is 11.8 Å². The van der Waals surface area contributed by atoms with Crippen molar-refractivity contribution >= 4 is 11.6 Å². The van der Waals surface area contributed by atoms with Gasteiger partial charge < -0.3 is 10.1 Å². The molecule has 0 saturated carbocycles. The van der Waals surface area contributed by atoms with Crippen LogP contribution in [0.25, 0.3) is 0 Å². The first-order valence-corrected chi connectivity index (χ1v) is 6.17. The maximum absolute atomic E-state index is 12.0. The standard InChI is InChI=1S/C16H14N2O2/c1-12-2-4-13(5-3-12)16(19)18-14-6-8-15(9-7-14)20-11-10-17/h2-9H,11H2,1H3,(H,18,19). The van der Waals surface area contributed by atoms with Gasteiger partial charge in [-0.1, -0.05) is 17.7 Å². The Kier molecular flexibility index (Phi) is 4.35. The summed E-state index contributed by atoms with van der Waals surface area (Å²) in [7, 11) is 0. The van der Waals surface area contributed by atoms with Gasteiger partial charge in [-0.2, -0.15) is 5.26 Å². The molecule has 0 saturated heterocycles. The normalized spacial score (nSPS) is 9.60. The summed E-state index contributed by atoms with van der Waals surface area (Å²) in [6, 6.07) is 16.2. The first-order valence-electron chi connectivity index (χ1n) is 6.17. The summed E-state index contributed by atoms with van der Waals surface area (Å²) in [6.07, 6.45) is 0. The molecule has 0 atom stereocenters. The number of ether oxygens (including phenoxy) is 1. The molecule has 0 heterocycles. The van der Waals surface area contributed by atoms with Crippen molar-refractivity contribution in [3.05, 3.63) is 59.7 Å². The van der Waals surface area contributed by atoms with Crippen LogP contribution in [0.2, 0.25) is 0 Å². The zero-order valence-electron chi connectivity index (χ0n) is 11.1. The molecular weight excluding hydrogens is 252 g/mol. The van der Waals surface area contributed by atoms with Crippen molar-refractivity contribution in [1.82, 2.24) is 0 Å². The van der Waals surface area contributed by atoms with Gasteiger partial charge in [0.2, 0.25) is 0 Å². The zero-order chi connectivity index (χ0) is 14.4. The Balaban J connectivity index is 2.01. The van der Waals surface area contributed by atoms with Crippen LogP contribution in [0.15, 0.2) is 48.5 Å². The fraction of sp³-hybridized carbons (Fsp3) is 0.125. The highest BCUT2D eigenvalue weighted by molar-refractivity contribution is 6.04. The van der Waals surface area contributed by atoms with Gasteiger partial charge in [0.25, 0.3) is 5.91 Å². The minimum absolute atomic E-state index is 0.00900. The van der Waals surface area contributed by atoms with Crippen LogP contribution in [0.4, 0.5) is 5.69 Å². The lowest BCUT2D eigenvalue weighted by Gasteiger charge is -2.07. The number of rotatable bonds is 4. The highest BCUT2D eigenvalue weighted by Gasteiger charge is 2.05. The van der Waals surface area contributed by atoms with Crippen LogP contribution in [-0.4, -0.2) is 12.5 Å². The highest BCUT2D eigenvalue weighted by Crippen LogP contribution is 2.16. The molecule has 0 aliphatic heterocycles. The number of amides is 1. The SMILES string of the molecule is Cc1ccc(C(=O)Nc2ccc(OCC#N)cc2)cc1. The van der Waals surface area contributed by atoms with Crippen molar-refractivity contribution in [2.75, 3.05) is 11.9 Å².